The fourth-order valence-electron chi connectivity index (χ4n) is 3.56. The number of fused-ring (bicyclic) bond motifs is 1. The molecule has 158 valence electrons. The number of alkyl halides is 3. The summed E-state index contributed by atoms with van der Waals surface area (Å²) in [6.07, 6.45) is -4.23. The van der Waals surface area contributed by atoms with Gasteiger partial charge in [0, 0.05) is 12.5 Å². The molecule has 0 saturated heterocycles. The second-order valence-corrected chi connectivity index (χ2v) is 7.34. The average Bonchev–Trinajstić information content (AvgIpc) is 3.47. The number of anilines is 1. The van der Waals surface area contributed by atoms with E-state index in [9.17, 15) is 32.3 Å². The third-order valence-electron chi connectivity index (χ3n) is 5.30. The molecule has 1 aliphatic carbocycles. The molecule has 0 unspecified atom stereocenters. The molecule has 0 radical (unpaired) electrons. The van der Waals surface area contributed by atoms with E-state index in [1.165, 1.54) is 0 Å². The largest absolute Gasteiger partial charge is 0.425 e. The van der Waals surface area contributed by atoms with Crippen molar-refractivity contribution in [3.05, 3.63) is 62.3 Å². The van der Waals surface area contributed by atoms with Crippen molar-refractivity contribution in [2.75, 3.05) is 5.32 Å². The molecule has 2 aromatic rings. The number of nitrogens with zero attached hydrogens (tertiary/aromatic N) is 1. The molecule has 1 saturated carbocycles. The van der Waals surface area contributed by atoms with Gasteiger partial charge >= 0.3 is 11.9 Å². The monoisotopic (exact) mass is 422 g/mol. The predicted molar refractivity (Wildman–Crippen MR) is 98.7 cm³/mol. The second-order valence-electron chi connectivity index (χ2n) is 7.34. The van der Waals surface area contributed by atoms with Gasteiger partial charge in [-0.3, -0.25) is 23.9 Å². The number of H-pyrrole nitrogens is 1. The molecule has 2 aliphatic rings. The van der Waals surface area contributed by atoms with E-state index in [2.05, 4.69) is 0 Å². The van der Waals surface area contributed by atoms with Crippen molar-refractivity contribution >= 4 is 17.6 Å². The van der Waals surface area contributed by atoms with Gasteiger partial charge in [-0.2, -0.15) is 13.2 Å². The van der Waals surface area contributed by atoms with Gasteiger partial charge in [0.05, 0.1) is 0 Å². The van der Waals surface area contributed by atoms with Crippen molar-refractivity contribution in [2.45, 2.75) is 37.5 Å². The number of carbonyl (C=O) groups is 2. The number of nitrogens with one attached hydrogen (secondary N) is 3. The number of hydrogen-bond donors (Lipinski definition) is 3. The number of halogens is 3. The lowest BCUT2D eigenvalue weighted by Gasteiger charge is -2.30. The Morgan fingerprint density at radius 1 is 1.17 bits per heavy atom. The molecule has 4 rings (SSSR count). The lowest BCUT2D eigenvalue weighted by Crippen LogP contribution is -2.62. The van der Waals surface area contributed by atoms with Gasteiger partial charge in [0.15, 0.2) is 0 Å². The Hall–Kier alpha value is -3.37. The Labute approximate surface area is 167 Å². The highest BCUT2D eigenvalue weighted by atomic mass is 19.4. The van der Waals surface area contributed by atoms with E-state index in [1.54, 1.807) is 35.6 Å². The van der Waals surface area contributed by atoms with Crippen LogP contribution in [0.4, 0.5) is 19.0 Å². The summed E-state index contributed by atoms with van der Waals surface area (Å²) in [5.41, 5.74) is -6.11. The minimum absolute atomic E-state index is 0.0905. The van der Waals surface area contributed by atoms with Crippen molar-refractivity contribution < 1.29 is 22.8 Å². The molecule has 3 N–H and O–H groups in total. The van der Waals surface area contributed by atoms with Crippen molar-refractivity contribution in [3.8, 4) is 0 Å². The van der Waals surface area contributed by atoms with Crippen molar-refractivity contribution in [2.24, 2.45) is 5.92 Å². The van der Waals surface area contributed by atoms with Crippen molar-refractivity contribution in [1.82, 2.24) is 14.9 Å². The summed E-state index contributed by atoms with van der Waals surface area (Å²) in [5.74, 6) is -3.78. The standard InChI is InChI=1S/C19H17F3N4O4/c20-19(21,22)18(25-14(27)11-6-7-11)12-13(23-16(18)29)26(17(30)24-15(12)28)9-8-10-4-2-1-3-5-10/h1-5,11H,6-9H2,(H,23,29)(H,25,27)(H,24,28,30)/t18-/m0/s1. The van der Waals surface area contributed by atoms with Gasteiger partial charge < -0.3 is 10.6 Å². The predicted octanol–water partition coefficient (Wildman–Crippen LogP) is 1.02. The number of aryl methyl sites for hydroxylation is 1. The quantitative estimate of drug-likeness (QED) is 0.668. The second kappa shape index (κ2) is 6.85. The van der Waals surface area contributed by atoms with Crippen LogP contribution in [0.15, 0.2) is 39.9 Å². The zero-order valence-corrected chi connectivity index (χ0v) is 15.5. The van der Waals surface area contributed by atoms with Gasteiger partial charge in [-0.15, -0.1) is 0 Å². The number of aromatic amines is 1. The summed E-state index contributed by atoms with van der Waals surface area (Å²) in [7, 11) is 0. The van der Waals surface area contributed by atoms with Crippen molar-refractivity contribution in [3.63, 3.8) is 0 Å². The molecule has 1 atom stereocenters. The Kier molecular flexibility index (Phi) is 4.55. The maximum Gasteiger partial charge on any atom is 0.425 e. The number of benzene rings is 1. The topological polar surface area (TPSA) is 113 Å². The van der Waals surface area contributed by atoms with Crippen LogP contribution < -0.4 is 21.9 Å². The summed E-state index contributed by atoms with van der Waals surface area (Å²) in [6.45, 7) is -0.0905. The molecule has 11 heteroatoms. The van der Waals surface area contributed by atoms with E-state index in [1.807, 2.05) is 10.3 Å². The normalized spacial score (nSPS) is 20.6. The average molecular weight is 422 g/mol. The molecule has 0 spiro atoms. The molecule has 1 aromatic carbocycles. The van der Waals surface area contributed by atoms with Crippen LogP contribution in [0.3, 0.4) is 0 Å². The van der Waals surface area contributed by atoms with Crippen LogP contribution in [0.1, 0.15) is 24.0 Å². The first-order chi connectivity index (χ1) is 14.1. The molecule has 2 heterocycles. The number of amides is 2. The number of aromatic nitrogens is 2. The molecule has 30 heavy (non-hydrogen) atoms. The molecular weight excluding hydrogens is 405 g/mol. The zero-order valence-electron chi connectivity index (χ0n) is 15.5. The van der Waals surface area contributed by atoms with E-state index in [4.69, 9.17) is 0 Å². The molecule has 8 nitrogen and oxygen atoms in total. The summed E-state index contributed by atoms with van der Waals surface area (Å²) in [5, 5.41) is 3.77. The number of carbonyl (C=O) groups excluding carboxylic acids is 2. The summed E-state index contributed by atoms with van der Waals surface area (Å²) >= 11 is 0. The zero-order chi connectivity index (χ0) is 21.7. The fourth-order valence-corrected chi connectivity index (χ4v) is 3.56. The van der Waals surface area contributed by atoms with Crippen LogP contribution in [-0.2, 0) is 28.1 Å². The summed E-state index contributed by atoms with van der Waals surface area (Å²) in [6, 6.07) is 8.85. The lowest BCUT2D eigenvalue weighted by molar-refractivity contribution is -0.201. The van der Waals surface area contributed by atoms with E-state index in [-0.39, 0.29) is 13.0 Å². The van der Waals surface area contributed by atoms with Crippen LogP contribution in [0.5, 0.6) is 0 Å². The first-order valence-electron chi connectivity index (χ1n) is 9.27. The lowest BCUT2D eigenvalue weighted by atomic mass is 9.91. The fraction of sp³-hybridized carbons (Fsp3) is 0.368. The highest BCUT2D eigenvalue weighted by Gasteiger charge is 2.68. The Morgan fingerprint density at radius 3 is 2.43 bits per heavy atom. The van der Waals surface area contributed by atoms with Crippen LogP contribution in [0, 0.1) is 5.92 Å². The molecule has 0 bridgehead atoms. The van der Waals surface area contributed by atoms with Gasteiger partial charge in [0.2, 0.25) is 11.4 Å². The van der Waals surface area contributed by atoms with Crippen molar-refractivity contribution in [1.29, 1.82) is 0 Å². The maximum atomic E-state index is 14.1. The van der Waals surface area contributed by atoms with E-state index in [0.29, 0.717) is 12.8 Å². The van der Waals surface area contributed by atoms with Gasteiger partial charge in [-0.25, -0.2) is 4.79 Å². The van der Waals surface area contributed by atoms with Crippen LogP contribution in [-0.4, -0.2) is 27.5 Å². The molecular formula is C19H17F3N4O4. The van der Waals surface area contributed by atoms with Gasteiger partial charge in [0.1, 0.15) is 11.4 Å². The Bertz CT molecular complexity index is 1140. The summed E-state index contributed by atoms with van der Waals surface area (Å²) in [4.78, 5) is 51.3. The number of hydrogen-bond acceptors (Lipinski definition) is 4. The third kappa shape index (κ3) is 3.10. The minimum atomic E-state index is -5.30. The third-order valence-corrected chi connectivity index (χ3v) is 5.30. The smallest absolute Gasteiger partial charge is 0.330 e. The van der Waals surface area contributed by atoms with Gasteiger partial charge in [-0.05, 0) is 24.8 Å². The maximum absolute atomic E-state index is 14.1. The van der Waals surface area contributed by atoms with Crippen LogP contribution >= 0.6 is 0 Å². The SMILES string of the molecule is O=C(N[C@]1(C(F)(F)F)C(=O)Nc2c1c(=O)[nH]c(=O)n2CCc1ccccc1)C1CC1. The molecule has 1 aromatic heterocycles. The van der Waals surface area contributed by atoms with E-state index >= 15 is 0 Å². The first kappa shape index (κ1) is 19.9. The van der Waals surface area contributed by atoms with E-state index < -0.39 is 52.1 Å². The van der Waals surface area contributed by atoms with Crippen LogP contribution in [0.25, 0.3) is 0 Å². The summed E-state index contributed by atoms with van der Waals surface area (Å²) < 4.78 is 43.3. The molecule has 1 aliphatic heterocycles. The Morgan fingerprint density at radius 2 is 1.83 bits per heavy atom. The highest BCUT2D eigenvalue weighted by Crippen LogP contribution is 2.45. The molecule has 1 fully saturated rings. The van der Waals surface area contributed by atoms with E-state index in [0.717, 1.165) is 10.1 Å². The van der Waals surface area contributed by atoms with Crippen LogP contribution in [0.2, 0.25) is 0 Å². The van der Waals surface area contributed by atoms with Gasteiger partial charge in [0.25, 0.3) is 11.5 Å². The highest BCUT2D eigenvalue weighted by molar-refractivity contribution is 6.07. The molecule has 2 amide bonds. The first-order valence-corrected chi connectivity index (χ1v) is 9.27. The number of rotatable bonds is 5. The Balaban J connectivity index is 1.82. The van der Waals surface area contributed by atoms with Gasteiger partial charge in [-0.1, -0.05) is 30.3 Å². The minimum Gasteiger partial charge on any atom is -0.330 e.